The van der Waals surface area contributed by atoms with E-state index in [0.29, 0.717) is 4.57 Å². The molecule has 1 unspecified atom stereocenters. The summed E-state index contributed by atoms with van der Waals surface area (Å²) in [5, 5.41) is 9.09. The van der Waals surface area contributed by atoms with Crippen molar-refractivity contribution in [3.63, 3.8) is 0 Å². The van der Waals surface area contributed by atoms with Crippen molar-refractivity contribution in [3.8, 4) is 0 Å². The lowest BCUT2D eigenvalue weighted by Crippen LogP contribution is -2.45. The van der Waals surface area contributed by atoms with Gasteiger partial charge < -0.3 is 5.11 Å². The molecule has 1 aromatic rings. The van der Waals surface area contributed by atoms with Crippen LogP contribution >= 0.6 is 11.6 Å². The molecule has 0 fully saturated rings. The van der Waals surface area contributed by atoms with Crippen LogP contribution in [0.5, 0.6) is 0 Å². The lowest BCUT2D eigenvalue weighted by Gasteiger charge is -2.06. The summed E-state index contributed by atoms with van der Waals surface area (Å²) in [6.07, 6.45) is -1.01. The van der Waals surface area contributed by atoms with E-state index in [-0.39, 0.29) is 12.4 Å². The highest BCUT2D eigenvalue weighted by atomic mass is 35.5. The van der Waals surface area contributed by atoms with Crippen LogP contribution < -0.4 is 17.1 Å². The van der Waals surface area contributed by atoms with Crippen LogP contribution in [0.2, 0.25) is 0 Å². The van der Waals surface area contributed by atoms with Crippen molar-refractivity contribution >= 4 is 11.6 Å². The topological polar surface area (TPSA) is 108 Å². The first-order chi connectivity index (χ1) is 6.54. The second kappa shape index (κ2) is 4.25. The van der Waals surface area contributed by atoms with Gasteiger partial charge in [-0.2, -0.15) is 0 Å². The molecule has 8 heteroatoms. The van der Waals surface area contributed by atoms with Crippen molar-refractivity contribution in [3.05, 3.63) is 31.5 Å². The Balaban J connectivity index is 3.16. The van der Waals surface area contributed by atoms with E-state index >= 15 is 0 Å². The van der Waals surface area contributed by atoms with E-state index in [0.717, 1.165) is 0 Å². The SMILES string of the molecule is O=c1[nH]c(=O)n(CC(O)CCl)c(=O)[nH]1. The Morgan fingerprint density at radius 2 is 1.79 bits per heavy atom. The van der Waals surface area contributed by atoms with Gasteiger partial charge in [0.2, 0.25) is 0 Å². The largest absolute Gasteiger partial charge is 0.390 e. The van der Waals surface area contributed by atoms with E-state index in [9.17, 15) is 14.4 Å². The molecule has 0 aromatic carbocycles. The van der Waals surface area contributed by atoms with Gasteiger partial charge in [0.15, 0.2) is 0 Å². The minimum absolute atomic E-state index is 0.106. The predicted molar refractivity (Wildman–Crippen MR) is 48.7 cm³/mol. The molecule has 78 valence electrons. The van der Waals surface area contributed by atoms with Gasteiger partial charge in [-0.05, 0) is 0 Å². The molecule has 1 rings (SSSR count). The number of aromatic amines is 2. The summed E-state index contributed by atoms with van der Waals surface area (Å²) in [7, 11) is 0. The number of nitrogens with zero attached hydrogens (tertiary/aromatic N) is 1. The maximum absolute atomic E-state index is 11.0. The van der Waals surface area contributed by atoms with Gasteiger partial charge in [-0.25, -0.2) is 19.0 Å². The van der Waals surface area contributed by atoms with E-state index < -0.39 is 23.2 Å². The first-order valence-corrected chi connectivity index (χ1v) is 4.25. The average molecular weight is 222 g/mol. The molecule has 1 aromatic heterocycles. The molecule has 0 aliphatic carbocycles. The van der Waals surface area contributed by atoms with Gasteiger partial charge in [-0.1, -0.05) is 0 Å². The van der Waals surface area contributed by atoms with Crippen LogP contribution in [0.25, 0.3) is 0 Å². The fourth-order valence-corrected chi connectivity index (χ4v) is 0.976. The highest BCUT2D eigenvalue weighted by Gasteiger charge is 2.08. The third-order valence-electron chi connectivity index (χ3n) is 1.50. The number of aliphatic hydroxyl groups excluding tert-OH is 1. The van der Waals surface area contributed by atoms with Crippen molar-refractivity contribution in [2.75, 3.05) is 5.88 Å². The van der Waals surface area contributed by atoms with Crippen LogP contribution in [0.1, 0.15) is 0 Å². The van der Waals surface area contributed by atoms with Gasteiger partial charge in [0.25, 0.3) is 0 Å². The van der Waals surface area contributed by atoms with E-state index in [4.69, 9.17) is 16.7 Å². The zero-order valence-corrected chi connectivity index (χ0v) is 7.74. The Kier molecular flexibility index (Phi) is 3.26. The zero-order valence-electron chi connectivity index (χ0n) is 6.99. The standard InChI is InChI=1S/C6H8ClN3O4/c7-1-3(11)2-10-5(13)8-4(12)9-6(10)14/h3,11H,1-2H2,(H2,8,9,12,13,14). The number of alkyl halides is 1. The molecule has 0 saturated carbocycles. The molecule has 7 nitrogen and oxygen atoms in total. The molecule has 3 N–H and O–H groups in total. The average Bonchev–Trinajstić information content (AvgIpc) is 2.10. The van der Waals surface area contributed by atoms with Gasteiger partial charge in [-0.3, -0.25) is 9.97 Å². The predicted octanol–water partition coefficient (Wildman–Crippen LogP) is -2.18. The Labute approximate surface area is 82.0 Å². The number of aromatic nitrogens is 3. The highest BCUT2D eigenvalue weighted by Crippen LogP contribution is 1.87. The fourth-order valence-electron chi connectivity index (χ4n) is 0.878. The summed E-state index contributed by atoms with van der Waals surface area (Å²) in [6, 6.07) is 0. The quantitative estimate of drug-likeness (QED) is 0.505. The maximum atomic E-state index is 11.0. The molecular formula is C6H8ClN3O4. The minimum Gasteiger partial charge on any atom is -0.390 e. The van der Waals surface area contributed by atoms with Gasteiger partial charge in [0.1, 0.15) is 0 Å². The molecule has 0 bridgehead atoms. The summed E-state index contributed by atoms with van der Waals surface area (Å²) >= 11 is 5.29. The Bertz CT molecular complexity index is 439. The van der Waals surface area contributed by atoms with E-state index in [1.165, 1.54) is 0 Å². The van der Waals surface area contributed by atoms with Crippen LogP contribution in [0.15, 0.2) is 14.4 Å². The van der Waals surface area contributed by atoms with E-state index in [1.54, 1.807) is 0 Å². The smallest absolute Gasteiger partial charge is 0.333 e. The molecule has 1 heterocycles. The van der Waals surface area contributed by atoms with Gasteiger partial charge in [0.05, 0.1) is 18.5 Å². The van der Waals surface area contributed by atoms with Crippen LogP contribution in [0.3, 0.4) is 0 Å². The Morgan fingerprint density at radius 1 is 1.29 bits per heavy atom. The van der Waals surface area contributed by atoms with Crippen molar-refractivity contribution in [1.29, 1.82) is 0 Å². The third-order valence-corrected chi connectivity index (χ3v) is 1.86. The summed E-state index contributed by atoms with van der Waals surface area (Å²) < 4.78 is 0.661. The molecule has 1 atom stereocenters. The second-order valence-corrected chi connectivity index (χ2v) is 2.92. The van der Waals surface area contributed by atoms with Crippen molar-refractivity contribution in [2.24, 2.45) is 0 Å². The summed E-state index contributed by atoms with van der Waals surface area (Å²) in [6.45, 7) is -0.256. The number of aliphatic hydroxyl groups is 1. The van der Waals surface area contributed by atoms with Crippen LogP contribution in [0, 0.1) is 0 Å². The number of rotatable bonds is 3. The lowest BCUT2D eigenvalue weighted by atomic mass is 10.4. The maximum Gasteiger partial charge on any atom is 0.333 e. The summed E-state index contributed by atoms with van der Waals surface area (Å²) in [5.41, 5.74) is -2.62. The van der Waals surface area contributed by atoms with Crippen LogP contribution in [-0.4, -0.2) is 31.6 Å². The highest BCUT2D eigenvalue weighted by molar-refractivity contribution is 6.18. The van der Waals surface area contributed by atoms with E-state index in [2.05, 4.69) is 0 Å². The van der Waals surface area contributed by atoms with E-state index in [1.807, 2.05) is 9.97 Å². The molecule has 0 amide bonds. The van der Waals surface area contributed by atoms with Crippen LogP contribution in [0.4, 0.5) is 0 Å². The van der Waals surface area contributed by atoms with Crippen molar-refractivity contribution in [2.45, 2.75) is 12.6 Å². The van der Waals surface area contributed by atoms with Gasteiger partial charge in [0, 0.05) is 0 Å². The molecule has 0 aliphatic heterocycles. The normalized spacial score (nSPS) is 12.7. The molecule has 0 saturated heterocycles. The number of hydrogen-bond donors (Lipinski definition) is 3. The number of nitrogens with one attached hydrogen (secondary N) is 2. The Morgan fingerprint density at radius 3 is 2.21 bits per heavy atom. The Hall–Kier alpha value is -1.34. The minimum atomic E-state index is -1.01. The first kappa shape index (κ1) is 10.7. The monoisotopic (exact) mass is 221 g/mol. The molecular weight excluding hydrogens is 214 g/mol. The number of H-pyrrole nitrogens is 2. The summed E-state index contributed by atoms with van der Waals surface area (Å²) in [4.78, 5) is 36.4. The molecule has 0 radical (unpaired) electrons. The number of halogens is 1. The first-order valence-electron chi connectivity index (χ1n) is 3.72. The third kappa shape index (κ3) is 2.33. The number of hydrogen-bond acceptors (Lipinski definition) is 4. The van der Waals surface area contributed by atoms with Crippen LogP contribution in [-0.2, 0) is 6.54 Å². The molecule has 0 aliphatic rings. The van der Waals surface area contributed by atoms with Gasteiger partial charge in [-0.15, -0.1) is 11.6 Å². The summed E-state index contributed by atoms with van der Waals surface area (Å²) in [5.74, 6) is -0.106. The zero-order chi connectivity index (χ0) is 10.7. The second-order valence-electron chi connectivity index (χ2n) is 2.61. The fraction of sp³-hybridized carbons (Fsp3) is 0.500. The molecule has 14 heavy (non-hydrogen) atoms. The molecule has 0 spiro atoms. The van der Waals surface area contributed by atoms with Crippen molar-refractivity contribution < 1.29 is 5.11 Å². The lowest BCUT2D eigenvalue weighted by molar-refractivity contribution is 0.172. The van der Waals surface area contributed by atoms with Gasteiger partial charge >= 0.3 is 17.1 Å². The van der Waals surface area contributed by atoms with Crippen molar-refractivity contribution in [1.82, 2.24) is 14.5 Å².